The van der Waals surface area contributed by atoms with E-state index < -0.39 is 6.04 Å². The summed E-state index contributed by atoms with van der Waals surface area (Å²) >= 11 is 0. The third kappa shape index (κ3) is 9.24. The summed E-state index contributed by atoms with van der Waals surface area (Å²) in [5.41, 5.74) is 14.0. The van der Waals surface area contributed by atoms with Gasteiger partial charge in [0.2, 0.25) is 11.8 Å². The molecule has 3 aromatic rings. The van der Waals surface area contributed by atoms with Gasteiger partial charge in [-0.25, -0.2) is 0 Å². The van der Waals surface area contributed by atoms with Gasteiger partial charge in [0.15, 0.2) is 0 Å². The molecule has 0 radical (unpaired) electrons. The van der Waals surface area contributed by atoms with E-state index in [1.165, 1.54) is 0 Å². The van der Waals surface area contributed by atoms with E-state index in [-0.39, 0.29) is 17.7 Å². The molecule has 0 spiro atoms. The summed E-state index contributed by atoms with van der Waals surface area (Å²) in [6, 6.07) is 19.0. The maximum atomic E-state index is 13.3. The second kappa shape index (κ2) is 15.0. The third-order valence-electron chi connectivity index (χ3n) is 6.51. The molecule has 0 fully saturated rings. The average Bonchev–Trinajstić information content (AvgIpc) is 2.91. The number of amides is 2. The van der Waals surface area contributed by atoms with Crippen LogP contribution in [0.5, 0.6) is 0 Å². The van der Waals surface area contributed by atoms with Crippen molar-refractivity contribution in [1.29, 1.82) is 0 Å². The SMILES string of the molecule is C[C@@H](CCCN(CCN)CCN)C(=O)N[C@H](CCc1ccccc1)C(=O)Nc1cnc2ccccc2c1. The van der Waals surface area contributed by atoms with Crippen molar-refractivity contribution < 1.29 is 9.59 Å². The number of aromatic nitrogens is 1. The Bertz CT molecular complexity index is 1120. The molecule has 1 aromatic heterocycles. The van der Waals surface area contributed by atoms with Crippen molar-refractivity contribution in [3.8, 4) is 0 Å². The second-order valence-electron chi connectivity index (χ2n) is 9.45. The largest absolute Gasteiger partial charge is 0.344 e. The Kier molecular flexibility index (Phi) is 11.5. The standard InChI is InChI=1S/C29H40N6O2/c1-22(8-7-17-35(18-15-30)19-16-31)28(36)34-27(14-13-23-9-3-2-4-10-23)29(37)33-25-20-24-11-5-6-12-26(24)32-21-25/h2-6,9-12,20-22,27H,7-8,13-19,30-31H2,1H3,(H,33,37)(H,34,36)/t22-,27+/m0/s1. The van der Waals surface area contributed by atoms with Crippen molar-refractivity contribution in [3.05, 3.63) is 72.4 Å². The number of nitrogens with zero attached hydrogens (tertiary/aromatic N) is 2. The van der Waals surface area contributed by atoms with Crippen LogP contribution in [-0.2, 0) is 16.0 Å². The fraction of sp³-hybridized carbons (Fsp3) is 0.414. The third-order valence-corrected chi connectivity index (χ3v) is 6.51. The van der Waals surface area contributed by atoms with Gasteiger partial charge >= 0.3 is 0 Å². The van der Waals surface area contributed by atoms with E-state index in [0.717, 1.165) is 48.9 Å². The highest BCUT2D eigenvalue weighted by Gasteiger charge is 2.24. The summed E-state index contributed by atoms with van der Waals surface area (Å²) in [6.45, 7) is 5.51. The Morgan fingerprint density at radius 1 is 0.919 bits per heavy atom. The first kappa shape index (κ1) is 28.2. The lowest BCUT2D eigenvalue weighted by molar-refractivity contribution is -0.129. The summed E-state index contributed by atoms with van der Waals surface area (Å²) in [5.74, 6) is -0.577. The highest BCUT2D eigenvalue weighted by Crippen LogP contribution is 2.17. The summed E-state index contributed by atoms with van der Waals surface area (Å²) in [5, 5.41) is 6.90. The summed E-state index contributed by atoms with van der Waals surface area (Å²) in [7, 11) is 0. The molecular weight excluding hydrogens is 464 g/mol. The molecule has 2 aromatic carbocycles. The summed E-state index contributed by atoms with van der Waals surface area (Å²) < 4.78 is 0. The molecule has 8 nitrogen and oxygen atoms in total. The maximum absolute atomic E-state index is 13.3. The number of nitrogens with two attached hydrogens (primary N) is 2. The summed E-state index contributed by atoms with van der Waals surface area (Å²) in [6.07, 6.45) is 4.40. The van der Waals surface area contributed by atoms with Crippen LogP contribution in [0, 0.1) is 5.92 Å². The molecule has 2 amide bonds. The number of anilines is 1. The Labute approximate surface area is 219 Å². The van der Waals surface area contributed by atoms with Crippen molar-refractivity contribution in [3.63, 3.8) is 0 Å². The van der Waals surface area contributed by atoms with E-state index in [1.807, 2.05) is 67.6 Å². The van der Waals surface area contributed by atoms with Gasteiger partial charge in [-0.1, -0.05) is 55.5 Å². The van der Waals surface area contributed by atoms with Crippen LogP contribution in [0.25, 0.3) is 10.9 Å². The number of carbonyl (C=O) groups excluding carboxylic acids is 2. The summed E-state index contributed by atoms with van der Waals surface area (Å²) in [4.78, 5) is 33.0. The Hall–Kier alpha value is -3.33. The van der Waals surface area contributed by atoms with E-state index in [2.05, 4.69) is 20.5 Å². The minimum Gasteiger partial charge on any atom is -0.344 e. The van der Waals surface area contributed by atoms with Crippen molar-refractivity contribution in [2.75, 3.05) is 38.0 Å². The van der Waals surface area contributed by atoms with Gasteiger partial charge in [-0.15, -0.1) is 0 Å². The zero-order chi connectivity index (χ0) is 26.5. The van der Waals surface area contributed by atoms with Crippen molar-refractivity contribution in [2.24, 2.45) is 17.4 Å². The molecule has 6 N–H and O–H groups in total. The van der Waals surface area contributed by atoms with Gasteiger partial charge < -0.3 is 27.0 Å². The monoisotopic (exact) mass is 504 g/mol. The van der Waals surface area contributed by atoms with E-state index in [4.69, 9.17) is 11.5 Å². The number of fused-ring (bicyclic) bond motifs is 1. The molecule has 0 unspecified atom stereocenters. The first-order valence-electron chi connectivity index (χ1n) is 13.1. The molecule has 0 bridgehead atoms. The minimum atomic E-state index is -0.660. The lowest BCUT2D eigenvalue weighted by Crippen LogP contribution is -2.46. The zero-order valence-electron chi connectivity index (χ0n) is 21.7. The lowest BCUT2D eigenvalue weighted by atomic mass is 10.0. The molecule has 3 rings (SSSR count). The number of nitrogens with one attached hydrogen (secondary N) is 2. The predicted molar refractivity (Wildman–Crippen MR) is 150 cm³/mol. The first-order valence-corrected chi connectivity index (χ1v) is 13.1. The number of hydrogen-bond donors (Lipinski definition) is 4. The van der Waals surface area contributed by atoms with Gasteiger partial charge in [0.05, 0.1) is 17.4 Å². The van der Waals surface area contributed by atoms with Crippen LogP contribution in [-0.4, -0.2) is 60.5 Å². The van der Waals surface area contributed by atoms with E-state index >= 15 is 0 Å². The average molecular weight is 505 g/mol. The van der Waals surface area contributed by atoms with Crippen LogP contribution in [0.3, 0.4) is 0 Å². The number of pyridine rings is 1. The van der Waals surface area contributed by atoms with Crippen molar-refractivity contribution >= 4 is 28.4 Å². The molecule has 0 aliphatic carbocycles. The molecule has 0 saturated carbocycles. The molecule has 8 heteroatoms. The Morgan fingerprint density at radius 2 is 1.62 bits per heavy atom. The van der Waals surface area contributed by atoms with Crippen LogP contribution >= 0.6 is 0 Å². The smallest absolute Gasteiger partial charge is 0.247 e. The quantitative estimate of drug-likeness (QED) is 0.252. The number of carbonyl (C=O) groups is 2. The van der Waals surface area contributed by atoms with Crippen LogP contribution in [0.2, 0.25) is 0 Å². The van der Waals surface area contributed by atoms with Gasteiger partial charge in [-0.05, 0) is 49.9 Å². The molecule has 2 atom stereocenters. The van der Waals surface area contributed by atoms with E-state index in [9.17, 15) is 9.59 Å². The molecule has 0 saturated heterocycles. The molecule has 1 heterocycles. The highest BCUT2D eigenvalue weighted by molar-refractivity contribution is 5.98. The van der Waals surface area contributed by atoms with E-state index in [1.54, 1.807) is 6.20 Å². The molecule has 198 valence electrons. The highest BCUT2D eigenvalue weighted by atomic mass is 16.2. The molecule has 0 aliphatic rings. The topological polar surface area (TPSA) is 126 Å². The van der Waals surface area contributed by atoms with Crippen LogP contribution in [0.15, 0.2) is 66.9 Å². The zero-order valence-corrected chi connectivity index (χ0v) is 21.7. The predicted octanol–water partition coefficient (Wildman–Crippen LogP) is 2.93. The lowest BCUT2D eigenvalue weighted by Gasteiger charge is -2.23. The second-order valence-corrected chi connectivity index (χ2v) is 9.45. The normalized spacial score (nSPS) is 12.9. The molecule has 37 heavy (non-hydrogen) atoms. The first-order chi connectivity index (χ1) is 18.0. The fourth-order valence-corrected chi connectivity index (χ4v) is 4.36. The van der Waals surface area contributed by atoms with Gasteiger partial charge in [-0.2, -0.15) is 0 Å². The number of hydrogen-bond acceptors (Lipinski definition) is 6. The number of para-hydroxylation sites is 1. The van der Waals surface area contributed by atoms with Crippen LogP contribution in [0.4, 0.5) is 5.69 Å². The van der Waals surface area contributed by atoms with Crippen molar-refractivity contribution in [2.45, 2.75) is 38.6 Å². The van der Waals surface area contributed by atoms with Gasteiger partial charge in [0.1, 0.15) is 6.04 Å². The minimum absolute atomic E-state index is 0.117. The number of aryl methyl sites for hydroxylation is 1. The van der Waals surface area contributed by atoms with Crippen LogP contribution < -0.4 is 22.1 Å². The van der Waals surface area contributed by atoms with E-state index in [0.29, 0.717) is 31.6 Å². The van der Waals surface area contributed by atoms with Gasteiger partial charge in [0.25, 0.3) is 0 Å². The number of benzene rings is 2. The van der Waals surface area contributed by atoms with Crippen molar-refractivity contribution in [1.82, 2.24) is 15.2 Å². The van der Waals surface area contributed by atoms with Gasteiger partial charge in [-0.3, -0.25) is 14.6 Å². The molecule has 0 aliphatic heterocycles. The maximum Gasteiger partial charge on any atom is 0.247 e. The number of rotatable bonds is 15. The van der Waals surface area contributed by atoms with Crippen LogP contribution in [0.1, 0.15) is 31.7 Å². The molecular formula is C29H40N6O2. The van der Waals surface area contributed by atoms with Gasteiger partial charge in [0, 0.05) is 37.5 Å². The Balaban J connectivity index is 1.62. The fourth-order valence-electron chi connectivity index (χ4n) is 4.36. The Morgan fingerprint density at radius 3 is 2.35 bits per heavy atom.